The van der Waals surface area contributed by atoms with Crippen molar-refractivity contribution in [2.24, 2.45) is 0 Å². The Labute approximate surface area is 239 Å². The van der Waals surface area contributed by atoms with E-state index in [1.807, 2.05) is 45.0 Å². The first-order chi connectivity index (χ1) is 18.7. The number of nitrogens with zero attached hydrogens (tertiary/aromatic N) is 2. The smallest absolute Gasteiger partial charge is 0.229 e. The Morgan fingerprint density at radius 1 is 1.15 bits per heavy atom. The van der Waals surface area contributed by atoms with Crippen LogP contribution in [0.3, 0.4) is 0 Å². The summed E-state index contributed by atoms with van der Waals surface area (Å²) in [7, 11) is 0. The van der Waals surface area contributed by atoms with Crippen molar-refractivity contribution in [2.45, 2.75) is 69.1 Å². The molecule has 8 nitrogen and oxygen atoms in total. The molecule has 4 N–H and O–H groups in total. The van der Waals surface area contributed by atoms with Crippen LogP contribution in [-0.4, -0.2) is 50.7 Å². The third-order valence-electron chi connectivity index (χ3n) is 6.75. The lowest BCUT2D eigenvalue weighted by molar-refractivity contribution is 0.243. The lowest BCUT2D eigenvalue weighted by Gasteiger charge is -2.26. The van der Waals surface area contributed by atoms with Crippen molar-refractivity contribution in [3.8, 4) is 5.75 Å². The van der Waals surface area contributed by atoms with Gasteiger partial charge in [0.2, 0.25) is 5.95 Å². The molecule has 0 amide bonds. The summed E-state index contributed by atoms with van der Waals surface area (Å²) >= 11 is 5.23. The largest absolute Gasteiger partial charge is 0.611 e. The topological polar surface area (TPSA) is 114 Å². The average molecular weight is 572 g/mol. The molecule has 4 rings (SSSR count). The van der Waals surface area contributed by atoms with E-state index in [2.05, 4.69) is 45.0 Å². The number of hydrogen-bond acceptors (Lipinski definition) is 8. The number of rotatable bonds is 11. The number of piperidine rings is 1. The summed E-state index contributed by atoms with van der Waals surface area (Å²) < 4.78 is 18.8. The molecule has 1 aliphatic heterocycles. The number of anilines is 4. The minimum Gasteiger partial charge on any atom is -0.611 e. The predicted octanol–water partition coefficient (Wildman–Crippen LogP) is 6.06. The molecule has 2 heterocycles. The van der Waals surface area contributed by atoms with Crippen LogP contribution in [0.25, 0.3) is 0 Å². The molecule has 3 aromatic rings. The third kappa shape index (κ3) is 7.77. The molecular formula is C29H38ClN5O3S. The summed E-state index contributed by atoms with van der Waals surface area (Å²) in [5.74, 6) is 2.13. The van der Waals surface area contributed by atoms with E-state index in [1.54, 1.807) is 6.20 Å². The van der Waals surface area contributed by atoms with Crippen molar-refractivity contribution in [2.75, 3.05) is 30.3 Å². The number of benzene rings is 2. The second kappa shape index (κ2) is 13.7. The number of aliphatic hydroxyl groups excluding tert-OH is 1. The number of halogens is 1. The highest BCUT2D eigenvalue weighted by molar-refractivity contribution is 7.92. The van der Waals surface area contributed by atoms with Crippen LogP contribution < -0.4 is 20.7 Å². The van der Waals surface area contributed by atoms with E-state index < -0.39 is 11.2 Å². The van der Waals surface area contributed by atoms with Crippen molar-refractivity contribution >= 4 is 45.9 Å². The van der Waals surface area contributed by atoms with Gasteiger partial charge in [0.1, 0.15) is 16.0 Å². The number of aryl methyl sites for hydroxylation is 1. The maximum atomic E-state index is 12.6. The van der Waals surface area contributed by atoms with Gasteiger partial charge in [-0.1, -0.05) is 11.6 Å². The van der Waals surface area contributed by atoms with E-state index in [1.165, 1.54) is 11.1 Å². The second-order valence-corrected chi connectivity index (χ2v) is 12.5. The summed E-state index contributed by atoms with van der Waals surface area (Å²) in [5.41, 5.74) is 4.09. The molecule has 210 valence electrons. The van der Waals surface area contributed by atoms with Gasteiger partial charge < -0.3 is 30.3 Å². The van der Waals surface area contributed by atoms with Crippen molar-refractivity contribution in [3.63, 3.8) is 0 Å². The first-order valence-corrected chi connectivity index (χ1v) is 15.0. The first-order valence-electron chi connectivity index (χ1n) is 13.4. The fourth-order valence-corrected chi connectivity index (χ4v) is 6.02. The zero-order valence-corrected chi connectivity index (χ0v) is 24.5. The molecule has 1 fully saturated rings. The highest BCUT2D eigenvalue weighted by atomic mass is 35.5. The van der Waals surface area contributed by atoms with E-state index in [-0.39, 0.29) is 18.0 Å². The molecule has 1 aliphatic rings. The Kier molecular flexibility index (Phi) is 10.3. The summed E-state index contributed by atoms with van der Waals surface area (Å²) in [5, 5.41) is 19.4. The quantitative estimate of drug-likeness (QED) is 0.205. The summed E-state index contributed by atoms with van der Waals surface area (Å²) in [6, 6.07) is 11.6. The fourth-order valence-electron chi connectivity index (χ4n) is 4.69. The van der Waals surface area contributed by atoms with Crippen molar-refractivity contribution in [1.82, 2.24) is 15.3 Å². The van der Waals surface area contributed by atoms with Crippen LogP contribution in [0.15, 0.2) is 47.5 Å². The van der Waals surface area contributed by atoms with Crippen molar-refractivity contribution < 1.29 is 14.4 Å². The van der Waals surface area contributed by atoms with Crippen LogP contribution in [0, 0.1) is 6.92 Å². The zero-order valence-electron chi connectivity index (χ0n) is 23.0. The normalized spacial score (nSPS) is 15.7. The SMILES string of the molecule is Cc1cc(Nc2ncc(Cl)c(Nc3ccc([S@@+]([O-])[C@@H](C)CCO)cc3)n2)c(OC(C)C)cc1C1CCNCC1. The maximum absolute atomic E-state index is 12.6. The molecule has 2 atom stereocenters. The van der Waals surface area contributed by atoms with Gasteiger partial charge in [0, 0.05) is 18.7 Å². The number of aromatic nitrogens is 2. The van der Waals surface area contributed by atoms with Gasteiger partial charge in [0.25, 0.3) is 0 Å². The molecule has 0 unspecified atom stereocenters. The number of hydrogen-bond donors (Lipinski definition) is 4. The molecular weight excluding hydrogens is 534 g/mol. The van der Waals surface area contributed by atoms with Crippen LogP contribution in [-0.2, 0) is 11.2 Å². The van der Waals surface area contributed by atoms with Gasteiger partial charge in [-0.05, 0) is 118 Å². The van der Waals surface area contributed by atoms with Gasteiger partial charge in [-0.15, -0.1) is 0 Å². The van der Waals surface area contributed by atoms with E-state index in [0.717, 1.165) is 43.1 Å². The van der Waals surface area contributed by atoms with Gasteiger partial charge in [-0.2, -0.15) is 4.98 Å². The molecule has 39 heavy (non-hydrogen) atoms. The minimum atomic E-state index is -1.19. The molecule has 0 radical (unpaired) electrons. The molecule has 0 spiro atoms. The molecule has 0 bridgehead atoms. The first kappa shape index (κ1) is 29.4. The van der Waals surface area contributed by atoms with Crippen LogP contribution >= 0.6 is 11.6 Å². The minimum absolute atomic E-state index is 0.0152. The van der Waals surface area contributed by atoms with Crippen LogP contribution in [0.4, 0.5) is 23.1 Å². The standard InChI is InChI=1S/C29H38ClN5O3S/c1-18(2)38-27-16-24(21-9-12-31-13-10-21)19(3)15-26(27)34-29-32-17-25(30)28(35-29)33-22-5-7-23(8-6-22)39(37)20(4)11-14-36/h5-8,15-18,20-21,31,36H,9-14H2,1-4H3,(H2,32,33,34,35)/t20-,39-/m0/s1. The van der Waals surface area contributed by atoms with Gasteiger partial charge in [-0.25, -0.2) is 4.98 Å². The maximum Gasteiger partial charge on any atom is 0.229 e. The lowest BCUT2D eigenvalue weighted by Crippen LogP contribution is -2.27. The van der Waals surface area contributed by atoms with Gasteiger partial charge in [0.15, 0.2) is 10.7 Å². The highest BCUT2D eigenvalue weighted by Crippen LogP contribution is 2.37. The van der Waals surface area contributed by atoms with Crippen LogP contribution in [0.2, 0.25) is 5.02 Å². The van der Waals surface area contributed by atoms with E-state index in [0.29, 0.717) is 34.0 Å². The van der Waals surface area contributed by atoms with Crippen molar-refractivity contribution in [1.29, 1.82) is 0 Å². The Morgan fingerprint density at radius 2 is 1.87 bits per heavy atom. The van der Waals surface area contributed by atoms with Gasteiger partial charge in [0.05, 0.1) is 18.0 Å². The Balaban J connectivity index is 1.54. The molecule has 10 heteroatoms. The van der Waals surface area contributed by atoms with Crippen LogP contribution in [0.5, 0.6) is 5.75 Å². The molecule has 1 aromatic heterocycles. The second-order valence-electron chi connectivity index (χ2n) is 10.2. The lowest BCUT2D eigenvalue weighted by atomic mass is 9.87. The third-order valence-corrected chi connectivity index (χ3v) is 8.73. The molecule has 0 aliphatic carbocycles. The molecule has 2 aromatic carbocycles. The predicted molar refractivity (Wildman–Crippen MR) is 159 cm³/mol. The van der Waals surface area contributed by atoms with Gasteiger partial charge in [-0.3, -0.25) is 0 Å². The summed E-state index contributed by atoms with van der Waals surface area (Å²) in [6.45, 7) is 10.1. The monoisotopic (exact) mass is 571 g/mol. The highest BCUT2D eigenvalue weighted by Gasteiger charge is 2.21. The van der Waals surface area contributed by atoms with Crippen LogP contribution in [0.1, 0.15) is 57.1 Å². The van der Waals surface area contributed by atoms with E-state index in [9.17, 15) is 4.55 Å². The number of ether oxygens (including phenoxy) is 1. The Hall–Kier alpha value is -2.56. The number of aliphatic hydroxyl groups is 1. The Morgan fingerprint density at radius 3 is 2.54 bits per heavy atom. The zero-order chi connectivity index (χ0) is 27.9. The summed E-state index contributed by atoms with van der Waals surface area (Å²) in [6.07, 6.45) is 4.29. The molecule has 0 saturated carbocycles. The van der Waals surface area contributed by atoms with Gasteiger partial charge >= 0.3 is 0 Å². The number of nitrogens with one attached hydrogen (secondary N) is 3. The Bertz CT molecular complexity index is 1240. The average Bonchev–Trinajstić information content (AvgIpc) is 2.92. The molecule has 1 saturated heterocycles. The van der Waals surface area contributed by atoms with E-state index in [4.69, 9.17) is 21.4 Å². The van der Waals surface area contributed by atoms with Crippen molar-refractivity contribution in [3.05, 3.63) is 58.7 Å². The summed E-state index contributed by atoms with van der Waals surface area (Å²) in [4.78, 5) is 9.72. The van der Waals surface area contributed by atoms with E-state index >= 15 is 0 Å². The fraction of sp³-hybridized carbons (Fsp3) is 0.448.